The molecule has 29 heavy (non-hydrogen) atoms. The van der Waals surface area contributed by atoms with Gasteiger partial charge in [-0.15, -0.1) is 0 Å². The van der Waals surface area contributed by atoms with Gasteiger partial charge in [0.05, 0.1) is 0 Å². The predicted octanol–water partition coefficient (Wildman–Crippen LogP) is 0.973. The summed E-state index contributed by atoms with van der Waals surface area (Å²) in [4.78, 5) is 47.0. The first-order valence-electron chi connectivity index (χ1n) is 8.00. The predicted molar refractivity (Wildman–Crippen MR) is 82.0 cm³/mol. The highest BCUT2D eigenvalue weighted by Crippen LogP contribution is 2.42. The molecular formula is C15H15F5N2O7. The van der Waals surface area contributed by atoms with Crippen molar-refractivity contribution in [3.63, 3.8) is 0 Å². The Hall–Kier alpha value is -2.77. The molecule has 162 valence electrons. The van der Waals surface area contributed by atoms with Gasteiger partial charge in [0.1, 0.15) is 30.6 Å². The van der Waals surface area contributed by atoms with Crippen molar-refractivity contribution in [3.05, 3.63) is 32.6 Å². The van der Waals surface area contributed by atoms with E-state index in [0.29, 0.717) is 4.57 Å². The lowest BCUT2D eigenvalue weighted by atomic mass is 10.1. The second kappa shape index (κ2) is 7.93. The Kier molecular flexibility index (Phi) is 6.15. The van der Waals surface area contributed by atoms with E-state index < -0.39 is 65.9 Å². The molecule has 1 aliphatic rings. The van der Waals surface area contributed by atoms with Crippen molar-refractivity contribution in [2.24, 2.45) is 0 Å². The molecule has 0 spiro atoms. The van der Waals surface area contributed by atoms with Crippen LogP contribution < -0.4 is 11.2 Å². The third kappa shape index (κ3) is 4.81. The van der Waals surface area contributed by atoms with E-state index in [1.807, 2.05) is 0 Å². The molecule has 0 aliphatic carbocycles. The lowest BCUT2D eigenvalue weighted by Crippen LogP contribution is -2.43. The highest BCUT2D eigenvalue weighted by Gasteiger charge is 2.60. The molecule has 1 unspecified atom stereocenters. The van der Waals surface area contributed by atoms with E-state index in [2.05, 4.69) is 0 Å². The molecule has 0 aromatic carbocycles. The Morgan fingerprint density at radius 3 is 2.34 bits per heavy atom. The van der Waals surface area contributed by atoms with Gasteiger partial charge in [-0.1, -0.05) is 0 Å². The smallest absolute Gasteiger partial charge is 0.458 e. The number of rotatable bonds is 5. The first-order chi connectivity index (χ1) is 13.2. The van der Waals surface area contributed by atoms with Gasteiger partial charge in [0, 0.05) is 26.5 Å². The summed E-state index contributed by atoms with van der Waals surface area (Å²) in [7, 11) is 0. The fourth-order valence-corrected chi connectivity index (χ4v) is 2.63. The van der Waals surface area contributed by atoms with Crippen molar-refractivity contribution in [2.75, 3.05) is 6.61 Å². The maximum Gasteiger partial charge on any atom is 0.458 e. The monoisotopic (exact) mass is 430 g/mol. The molecule has 1 saturated heterocycles. The van der Waals surface area contributed by atoms with Gasteiger partial charge in [-0.3, -0.25) is 23.9 Å². The van der Waals surface area contributed by atoms with Gasteiger partial charge in [-0.2, -0.15) is 22.0 Å². The number of nitrogens with one attached hydrogen (secondary N) is 1. The maximum absolute atomic E-state index is 13.6. The summed E-state index contributed by atoms with van der Waals surface area (Å²) in [6, 6.07) is 0. The number of carbonyl (C=O) groups is 2. The number of nitrogens with zero attached hydrogens (tertiary/aromatic N) is 1. The van der Waals surface area contributed by atoms with E-state index in [0.717, 1.165) is 13.8 Å². The summed E-state index contributed by atoms with van der Waals surface area (Å²) in [5, 5.41) is 0. The number of halogens is 5. The average Bonchev–Trinajstić information content (AvgIpc) is 2.93. The molecule has 1 aromatic heterocycles. The van der Waals surface area contributed by atoms with Crippen molar-refractivity contribution in [1.29, 1.82) is 0 Å². The van der Waals surface area contributed by atoms with E-state index in [9.17, 15) is 41.1 Å². The topological polar surface area (TPSA) is 117 Å². The number of hydrogen-bond donors (Lipinski definition) is 1. The molecule has 9 nitrogen and oxygen atoms in total. The van der Waals surface area contributed by atoms with Crippen molar-refractivity contribution >= 4 is 11.9 Å². The van der Waals surface area contributed by atoms with Crippen LogP contribution in [0.15, 0.2) is 15.8 Å². The van der Waals surface area contributed by atoms with Crippen LogP contribution in [0.5, 0.6) is 0 Å². The third-order valence-electron chi connectivity index (χ3n) is 3.92. The molecule has 2 heterocycles. The van der Waals surface area contributed by atoms with Gasteiger partial charge in [-0.25, -0.2) is 4.79 Å². The molecule has 1 fully saturated rings. The second-order valence-electron chi connectivity index (χ2n) is 6.10. The van der Waals surface area contributed by atoms with E-state index in [1.54, 1.807) is 0 Å². The Morgan fingerprint density at radius 2 is 1.83 bits per heavy atom. The molecule has 0 bridgehead atoms. The molecule has 0 saturated carbocycles. The molecule has 1 aliphatic heterocycles. The number of hydrogen-bond acceptors (Lipinski definition) is 7. The SMILES string of the molecule is CC(=O)OC[C@H]1OC(n2cc(C(F)(F)C(F)(F)F)c(=O)[nH]c2=O)C[C@H]1OC(C)=O. The zero-order chi connectivity index (χ0) is 22.1. The van der Waals surface area contributed by atoms with E-state index >= 15 is 0 Å². The van der Waals surface area contributed by atoms with Gasteiger partial charge < -0.3 is 14.2 Å². The quantitative estimate of drug-likeness (QED) is 0.547. The van der Waals surface area contributed by atoms with Crippen LogP contribution in [-0.2, 0) is 29.7 Å². The highest BCUT2D eigenvalue weighted by molar-refractivity contribution is 5.66. The summed E-state index contributed by atoms with van der Waals surface area (Å²) < 4.78 is 80.5. The standard InChI is InChI=1S/C15H15F5N2O7/c1-6(23)27-5-10-9(28-7(2)24)3-11(29-10)22-4-8(12(25)21-13(22)26)14(16,17)15(18,19)20/h4,9-11H,3,5H2,1-2H3,(H,21,25,26)/t9-,10-,11?/m1/s1. The Balaban J connectivity index is 2.42. The highest BCUT2D eigenvalue weighted by atomic mass is 19.4. The number of alkyl halides is 5. The summed E-state index contributed by atoms with van der Waals surface area (Å²) in [6.45, 7) is 1.68. The first kappa shape index (κ1) is 22.5. The minimum Gasteiger partial charge on any atom is -0.463 e. The van der Waals surface area contributed by atoms with Crippen LogP contribution in [0, 0.1) is 0 Å². The van der Waals surface area contributed by atoms with Crippen LogP contribution in [0.1, 0.15) is 32.1 Å². The minimum absolute atomic E-state index is 0.0400. The number of aromatic nitrogens is 2. The van der Waals surface area contributed by atoms with Crippen LogP contribution in [0.25, 0.3) is 0 Å². The lowest BCUT2D eigenvalue weighted by Gasteiger charge is -2.21. The van der Waals surface area contributed by atoms with Crippen molar-refractivity contribution in [2.45, 2.75) is 50.8 Å². The number of aromatic amines is 1. The van der Waals surface area contributed by atoms with Gasteiger partial charge in [0.15, 0.2) is 0 Å². The normalized spacial score (nSPS) is 22.4. The summed E-state index contributed by atoms with van der Waals surface area (Å²) in [5.74, 6) is -7.03. The fraction of sp³-hybridized carbons (Fsp3) is 0.600. The maximum atomic E-state index is 13.6. The number of esters is 2. The van der Waals surface area contributed by atoms with Crippen LogP contribution in [0.3, 0.4) is 0 Å². The fourth-order valence-electron chi connectivity index (χ4n) is 2.63. The summed E-state index contributed by atoms with van der Waals surface area (Å²) >= 11 is 0. The third-order valence-corrected chi connectivity index (χ3v) is 3.92. The number of H-pyrrole nitrogens is 1. The molecule has 3 atom stereocenters. The Labute approximate surface area is 158 Å². The second-order valence-corrected chi connectivity index (χ2v) is 6.10. The van der Waals surface area contributed by atoms with Gasteiger partial charge in [0.25, 0.3) is 5.56 Å². The summed E-state index contributed by atoms with van der Waals surface area (Å²) in [5.41, 5.74) is -5.25. The van der Waals surface area contributed by atoms with Gasteiger partial charge >= 0.3 is 29.7 Å². The van der Waals surface area contributed by atoms with Crippen LogP contribution >= 0.6 is 0 Å². The Bertz CT molecular complexity index is 908. The average molecular weight is 430 g/mol. The zero-order valence-electron chi connectivity index (χ0n) is 14.9. The molecule has 14 heteroatoms. The first-order valence-corrected chi connectivity index (χ1v) is 8.00. The molecule has 1 N–H and O–H groups in total. The van der Waals surface area contributed by atoms with Gasteiger partial charge in [-0.05, 0) is 0 Å². The van der Waals surface area contributed by atoms with Crippen LogP contribution in [0.2, 0.25) is 0 Å². The van der Waals surface area contributed by atoms with Crippen molar-refractivity contribution < 1.29 is 45.8 Å². The van der Waals surface area contributed by atoms with E-state index in [-0.39, 0.29) is 12.6 Å². The molecular weight excluding hydrogens is 415 g/mol. The zero-order valence-corrected chi connectivity index (χ0v) is 14.9. The van der Waals surface area contributed by atoms with E-state index in [4.69, 9.17) is 14.2 Å². The molecule has 0 radical (unpaired) electrons. The summed E-state index contributed by atoms with van der Waals surface area (Å²) in [6.07, 6.45) is -10.1. The molecule has 1 aromatic rings. The Morgan fingerprint density at radius 1 is 1.21 bits per heavy atom. The lowest BCUT2D eigenvalue weighted by molar-refractivity contribution is -0.290. The van der Waals surface area contributed by atoms with Crippen LogP contribution in [0.4, 0.5) is 22.0 Å². The van der Waals surface area contributed by atoms with Crippen molar-refractivity contribution in [3.8, 4) is 0 Å². The molecule has 2 rings (SSSR count). The largest absolute Gasteiger partial charge is 0.463 e. The van der Waals surface area contributed by atoms with Crippen molar-refractivity contribution in [1.82, 2.24) is 9.55 Å². The number of ether oxygens (including phenoxy) is 3. The number of carbonyl (C=O) groups excluding carboxylic acids is 2. The minimum atomic E-state index is -6.09. The van der Waals surface area contributed by atoms with E-state index in [1.165, 1.54) is 4.98 Å². The van der Waals surface area contributed by atoms with Crippen LogP contribution in [-0.4, -0.2) is 46.5 Å². The van der Waals surface area contributed by atoms with Gasteiger partial charge in [0.2, 0.25) is 0 Å². The molecule has 0 amide bonds.